The fourth-order valence-electron chi connectivity index (χ4n) is 3.05. The Hall–Kier alpha value is -2.45. The number of fused-ring (bicyclic) bond motifs is 1. The first-order valence-corrected chi connectivity index (χ1v) is 8.55. The number of nitrogens with zero attached hydrogens (tertiary/aromatic N) is 3. The van der Waals surface area contributed by atoms with Crippen molar-refractivity contribution in [1.82, 2.24) is 9.80 Å². The number of para-hydroxylation sites is 1. The Bertz CT molecular complexity index is 702. The summed E-state index contributed by atoms with van der Waals surface area (Å²) in [5, 5.41) is 0. The Morgan fingerprint density at radius 2 is 2.04 bits per heavy atom. The minimum absolute atomic E-state index is 0.132. The molecule has 3 rings (SSSR count). The van der Waals surface area contributed by atoms with E-state index in [2.05, 4.69) is 0 Å². The number of likely N-dealkylation sites (N-methyl/N-ethyl adjacent to an activating group) is 2. The monoisotopic (exact) mass is 361 g/mol. The third kappa shape index (κ3) is 3.86. The molecule has 0 N–H and O–H groups in total. The van der Waals surface area contributed by atoms with Crippen molar-refractivity contribution in [2.24, 2.45) is 0 Å². The van der Waals surface area contributed by atoms with Crippen molar-refractivity contribution in [3.63, 3.8) is 0 Å². The van der Waals surface area contributed by atoms with E-state index in [0.29, 0.717) is 37.6 Å². The van der Waals surface area contributed by atoms with E-state index < -0.39 is 0 Å². The van der Waals surface area contributed by atoms with E-state index in [1.165, 1.54) is 14.7 Å². The molecule has 1 aromatic carbocycles. The van der Waals surface area contributed by atoms with Gasteiger partial charge in [0.25, 0.3) is 5.91 Å². The van der Waals surface area contributed by atoms with Gasteiger partial charge in [-0.05, 0) is 12.1 Å². The highest BCUT2D eigenvalue weighted by Crippen LogP contribution is 2.24. The number of amides is 3. The van der Waals surface area contributed by atoms with Gasteiger partial charge in [-0.1, -0.05) is 12.1 Å². The summed E-state index contributed by atoms with van der Waals surface area (Å²) in [7, 11) is 3.29. The van der Waals surface area contributed by atoms with Crippen LogP contribution in [-0.2, 0) is 19.1 Å². The Labute approximate surface area is 152 Å². The van der Waals surface area contributed by atoms with Crippen molar-refractivity contribution in [3.8, 4) is 0 Å². The molecule has 0 aromatic heterocycles. The molecule has 8 heteroatoms. The zero-order valence-corrected chi connectivity index (χ0v) is 15.0. The number of carbonyl (C=O) groups is 3. The predicted molar refractivity (Wildman–Crippen MR) is 94.0 cm³/mol. The fraction of sp³-hybridized carbons (Fsp3) is 0.500. The molecule has 0 spiro atoms. The Morgan fingerprint density at radius 1 is 1.27 bits per heavy atom. The highest BCUT2D eigenvalue weighted by atomic mass is 16.6. The summed E-state index contributed by atoms with van der Waals surface area (Å²) < 4.78 is 10.9. The summed E-state index contributed by atoms with van der Waals surface area (Å²) in [6.07, 6.45) is -0.175. The second kappa shape index (κ2) is 7.84. The second-order valence-electron chi connectivity index (χ2n) is 6.47. The lowest BCUT2D eigenvalue weighted by molar-refractivity contribution is -0.137. The van der Waals surface area contributed by atoms with Crippen LogP contribution in [0.5, 0.6) is 0 Å². The van der Waals surface area contributed by atoms with Gasteiger partial charge in [-0.15, -0.1) is 0 Å². The molecule has 1 fully saturated rings. The van der Waals surface area contributed by atoms with E-state index in [1.54, 1.807) is 38.4 Å². The van der Waals surface area contributed by atoms with E-state index in [0.717, 1.165) is 0 Å². The van der Waals surface area contributed by atoms with Gasteiger partial charge in [-0.3, -0.25) is 14.4 Å². The average Bonchev–Trinajstić information content (AvgIpc) is 2.74. The van der Waals surface area contributed by atoms with Gasteiger partial charge in [0.2, 0.25) is 11.8 Å². The maximum atomic E-state index is 12.8. The molecular weight excluding hydrogens is 338 g/mol. The van der Waals surface area contributed by atoms with Crippen molar-refractivity contribution in [2.75, 3.05) is 58.5 Å². The van der Waals surface area contributed by atoms with Crippen LogP contribution >= 0.6 is 0 Å². The van der Waals surface area contributed by atoms with E-state index >= 15 is 0 Å². The lowest BCUT2D eigenvalue weighted by Gasteiger charge is -2.29. The summed E-state index contributed by atoms with van der Waals surface area (Å²) in [6.45, 7) is 1.60. The van der Waals surface area contributed by atoms with Gasteiger partial charge in [-0.25, -0.2) is 0 Å². The number of rotatable bonds is 4. The molecule has 140 valence electrons. The molecule has 1 atom stereocenters. The summed E-state index contributed by atoms with van der Waals surface area (Å²) in [5.74, 6) is -0.803. The summed E-state index contributed by atoms with van der Waals surface area (Å²) in [6, 6.07) is 6.91. The number of carbonyl (C=O) groups excluding carboxylic acids is 3. The standard InChI is InChI=1S/C18H23N3O5/c1-19(9-13-12-25-7-8-26-13)16(22)10-21-11-17(23)20(2)15-6-4-3-5-14(15)18(21)24/h3-6,13H,7-12H2,1-2H3/t13-/m0/s1. The molecule has 0 unspecified atom stereocenters. The first-order chi connectivity index (χ1) is 12.5. The van der Waals surface area contributed by atoms with Crippen molar-refractivity contribution < 1.29 is 23.9 Å². The lowest BCUT2D eigenvalue weighted by atomic mass is 10.1. The van der Waals surface area contributed by atoms with Crippen LogP contribution in [0.1, 0.15) is 10.4 Å². The van der Waals surface area contributed by atoms with E-state index in [-0.39, 0.29) is 36.9 Å². The van der Waals surface area contributed by atoms with Gasteiger partial charge in [-0.2, -0.15) is 0 Å². The normalized spacial score (nSPS) is 20.6. The molecule has 2 aliphatic rings. The molecule has 0 bridgehead atoms. The van der Waals surface area contributed by atoms with Crippen molar-refractivity contribution in [3.05, 3.63) is 29.8 Å². The van der Waals surface area contributed by atoms with Crippen LogP contribution < -0.4 is 4.90 Å². The number of ether oxygens (including phenoxy) is 2. The maximum absolute atomic E-state index is 12.8. The molecule has 26 heavy (non-hydrogen) atoms. The van der Waals surface area contributed by atoms with E-state index in [1.807, 2.05) is 0 Å². The third-order valence-electron chi connectivity index (χ3n) is 4.60. The largest absolute Gasteiger partial charge is 0.376 e. The van der Waals surface area contributed by atoms with Crippen LogP contribution in [0, 0.1) is 0 Å². The predicted octanol–water partition coefficient (Wildman–Crippen LogP) is -0.0210. The van der Waals surface area contributed by atoms with Crippen LogP contribution in [0.3, 0.4) is 0 Å². The lowest BCUT2D eigenvalue weighted by Crippen LogP contribution is -2.47. The van der Waals surface area contributed by atoms with Gasteiger partial charge in [0.1, 0.15) is 13.1 Å². The van der Waals surface area contributed by atoms with Gasteiger partial charge < -0.3 is 24.2 Å². The minimum Gasteiger partial charge on any atom is -0.376 e. The molecule has 1 aromatic rings. The van der Waals surface area contributed by atoms with Gasteiger partial charge in [0.15, 0.2) is 0 Å². The minimum atomic E-state index is -0.322. The first kappa shape index (κ1) is 18.3. The molecule has 0 saturated carbocycles. The third-order valence-corrected chi connectivity index (χ3v) is 4.60. The highest BCUT2D eigenvalue weighted by molar-refractivity contribution is 6.10. The zero-order valence-electron chi connectivity index (χ0n) is 15.0. The van der Waals surface area contributed by atoms with Crippen LogP contribution in [-0.4, -0.2) is 87.2 Å². The quantitative estimate of drug-likeness (QED) is 0.753. The SMILES string of the molecule is CN(C[C@H]1COCCO1)C(=O)CN1CC(=O)N(C)c2ccccc2C1=O. The van der Waals surface area contributed by atoms with Crippen molar-refractivity contribution >= 4 is 23.4 Å². The molecule has 1 saturated heterocycles. The van der Waals surface area contributed by atoms with Gasteiger partial charge in [0, 0.05) is 20.6 Å². The molecule has 8 nitrogen and oxygen atoms in total. The number of anilines is 1. The maximum Gasteiger partial charge on any atom is 0.256 e. The first-order valence-electron chi connectivity index (χ1n) is 8.55. The highest BCUT2D eigenvalue weighted by Gasteiger charge is 2.31. The summed E-state index contributed by atoms with van der Waals surface area (Å²) in [5.41, 5.74) is 0.971. The number of hydrogen-bond acceptors (Lipinski definition) is 5. The zero-order chi connectivity index (χ0) is 18.7. The Balaban J connectivity index is 1.69. The van der Waals surface area contributed by atoms with Crippen LogP contribution in [0.15, 0.2) is 24.3 Å². The number of benzene rings is 1. The Kier molecular flexibility index (Phi) is 5.53. The topological polar surface area (TPSA) is 79.4 Å². The second-order valence-corrected chi connectivity index (χ2v) is 6.47. The molecule has 2 aliphatic heterocycles. The summed E-state index contributed by atoms with van der Waals surface area (Å²) in [4.78, 5) is 42.0. The van der Waals surface area contributed by atoms with Crippen LogP contribution in [0.2, 0.25) is 0 Å². The van der Waals surface area contributed by atoms with Gasteiger partial charge >= 0.3 is 0 Å². The number of hydrogen-bond donors (Lipinski definition) is 0. The van der Waals surface area contributed by atoms with E-state index in [9.17, 15) is 14.4 Å². The molecule has 2 heterocycles. The Morgan fingerprint density at radius 3 is 2.77 bits per heavy atom. The fourth-order valence-corrected chi connectivity index (χ4v) is 3.05. The van der Waals surface area contributed by atoms with Gasteiger partial charge in [0.05, 0.1) is 37.2 Å². The summed E-state index contributed by atoms with van der Waals surface area (Å²) >= 11 is 0. The van der Waals surface area contributed by atoms with Crippen molar-refractivity contribution in [2.45, 2.75) is 6.10 Å². The molecular formula is C18H23N3O5. The van der Waals surface area contributed by atoms with Crippen molar-refractivity contribution in [1.29, 1.82) is 0 Å². The van der Waals surface area contributed by atoms with Crippen LogP contribution in [0.4, 0.5) is 5.69 Å². The smallest absolute Gasteiger partial charge is 0.256 e. The average molecular weight is 361 g/mol. The molecule has 0 radical (unpaired) electrons. The molecule has 3 amide bonds. The van der Waals surface area contributed by atoms with E-state index in [4.69, 9.17) is 9.47 Å². The van der Waals surface area contributed by atoms with Crippen LogP contribution in [0.25, 0.3) is 0 Å². The molecule has 0 aliphatic carbocycles.